The van der Waals surface area contributed by atoms with Gasteiger partial charge in [0.05, 0.1) is 17.2 Å². The lowest BCUT2D eigenvalue weighted by Crippen LogP contribution is -2.24. The van der Waals surface area contributed by atoms with Crippen molar-refractivity contribution >= 4 is 39.7 Å². The molecule has 1 amide bonds. The molecule has 0 bridgehead atoms. The number of aromatic nitrogens is 2. The first-order chi connectivity index (χ1) is 11.1. The minimum atomic E-state index is -0.550. The largest absolute Gasteiger partial charge is 0.346 e. The molecule has 2 aromatic heterocycles. The van der Waals surface area contributed by atoms with Crippen LogP contribution in [-0.4, -0.2) is 26.5 Å². The number of carbonyl (C=O) groups is 1. The highest BCUT2D eigenvalue weighted by molar-refractivity contribution is 7.98. The fourth-order valence-corrected chi connectivity index (χ4v) is 3.27. The van der Waals surface area contributed by atoms with E-state index in [0.29, 0.717) is 5.69 Å². The topological polar surface area (TPSA) is 89.5 Å². The van der Waals surface area contributed by atoms with Gasteiger partial charge in [-0.1, -0.05) is 0 Å². The SMILES string of the molecule is CSc1ccc([N+](=O)[O-])c(C(=O)NCc2cn3ccsc3n2)c1. The number of thioether (sulfide) groups is 1. The normalized spacial score (nSPS) is 10.8. The van der Waals surface area contributed by atoms with E-state index < -0.39 is 10.8 Å². The number of carbonyl (C=O) groups excluding carboxylic acids is 1. The van der Waals surface area contributed by atoms with Crippen molar-refractivity contribution in [3.05, 3.63) is 57.3 Å². The maximum Gasteiger partial charge on any atom is 0.282 e. The van der Waals surface area contributed by atoms with Gasteiger partial charge in [0.25, 0.3) is 11.6 Å². The summed E-state index contributed by atoms with van der Waals surface area (Å²) in [5.74, 6) is -0.482. The van der Waals surface area contributed by atoms with E-state index in [1.165, 1.54) is 35.2 Å². The number of hydrogen-bond acceptors (Lipinski definition) is 6. The second kappa shape index (κ2) is 6.39. The first-order valence-corrected chi connectivity index (χ1v) is 8.70. The molecule has 0 fully saturated rings. The van der Waals surface area contributed by atoms with Crippen molar-refractivity contribution in [3.63, 3.8) is 0 Å². The fraction of sp³-hybridized carbons (Fsp3) is 0.143. The number of amides is 1. The van der Waals surface area contributed by atoms with Crippen LogP contribution in [0.25, 0.3) is 4.96 Å². The molecule has 3 aromatic rings. The standard InChI is InChI=1S/C14H12N4O3S2/c1-22-10-2-3-12(18(20)21)11(6-10)13(19)15-7-9-8-17-4-5-23-14(17)16-9/h2-6,8H,7H2,1H3,(H,15,19). The van der Waals surface area contributed by atoms with Gasteiger partial charge >= 0.3 is 0 Å². The Kier molecular flexibility index (Phi) is 4.30. The summed E-state index contributed by atoms with van der Waals surface area (Å²) in [5, 5.41) is 15.7. The van der Waals surface area contributed by atoms with Crippen LogP contribution >= 0.6 is 23.1 Å². The van der Waals surface area contributed by atoms with Crippen molar-refractivity contribution in [2.75, 3.05) is 6.26 Å². The van der Waals surface area contributed by atoms with E-state index >= 15 is 0 Å². The smallest absolute Gasteiger partial charge is 0.282 e. The van der Waals surface area contributed by atoms with Crippen molar-refractivity contribution in [2.24, 2.45) is 0 Å². The van der Waals surface area contributed by atoms with Crippen molar-refractivity contribution in [2.45, 2.75) is 11.4 Å². The zero-order valence-electron chi connectivity index (χ0n) is 12.1. The summed E-state index contributed by atoms with van der Waals surface area (Å²) < 4.78 is 1.86. The Morgan fingerprint density at radius 3 is 3.04 bits per heavy atom. The maximum atomic E-state index is 12.3. The van der Waals surface area contributed by atoms with E-state index in [0.717, 1.165) is 9.86 Å². The molecule has 0 radical (unpaired) electrons. The van der Waals surface area contributed by atoms with Crippen LogP contribution in [0, 0.1) is 10.1 Å². The number of imidazole rings is 1. The third kappa shape index (κ3) is 3.20. The van der Waals surface area contributed by atoms with Crippen molar-refractivity contribution < 1.29 is 9.72 Å². The average Bonchev–Trinajstić information content (AvgIpc) is 3.13. The van der Waals surface area contributed by atoms with Crippen molar-refractivity contribution in [3.8, 4) is 0 Å². The number of nitrogens with zero attached hydrogens (tertiary/aromatic N) is 3. The number of rotatable bonds is 5. The highest BCUT2D eigenvalue weighted by atomic mass is 32.2. The molecule has 1 aromatic carbocycles. The summed E-state index contributed by atoms with van der Waals surface area (Å²) in [6.07, 6.45) is 5.55. The molecule has 0 atom stereocenters. The zero-order valence-corrected chi connectivity index (χ0v) is 13.7. The van der Waals surface area contributed by atoms with Crippen LogP contribution < -0.4 is 5.32 Å². The molecule has 0 saturated heterocycles. The molecule has 0 spiro atoms. The van der Waals surface area contributed by atoms with Crippen LogP contribution in [0.1, 0.15) is 16.1 Å². The molecule has 0 unspecified atom stereocenters. The predicted molar refractivity (Wildman–Crippen MR) is 89.1 cm³/mol. The van der Waals surface area contributed by atoms with Crippen LogP contribution in [0.4, 0.5) is 5.69 Å². The van der Waals surface area contributed by atoms with Gasteiger partial charge in [-0.15, -0.1) is 23.1 Å². The number of nitro benzene ring substituents is 1. The lowest BCUT2D eigenvalue weighted by molar-refractivity contribution is -0.385. The molecule has 0 saturated carbocycles. The van der Waals surface area contributed by atoms with Gasteiger partial charge in [0.2, 0.25) is 0 Å². The van der Waals surface area contributed by atoms with Crippen LogP contribution in [0.15, 0.2) is 40.9 Å². The van der Waals surface area contributed by atoms with Gasteiger partial charge in [-0.3, -0.25) is 19.3 Å². The van der Waals surface area contributed by atoms with E-state index in [9.17, 15) is 14.9 Å². The quantitative estimate of drug-likeness (QED) is 0.435. The van der Waals surface area contributed by atoms with E-state index in [2.05, 4.69) is 10.3 Å². The van der Waals surface area contributed by atoms with Gasteiger partial charge in [0.15, 0.2) is 4.96 Å². The number of benzene rings is 1. The number of thiazole rings is 1. The van der Waals surface area contributed by atoms with Gasteiger partial charge in [-0.05, 0) is 18.4 Å². The van der Waals surface area contributed by atoms with E-state index in [-0.39, 0.29) is 17.8 Å². The molecule has 2 heterocycles. The first-order valence-electron chi connectivity index (χ1n) is 6.60. The Balaban J connectivity index is 1.79. The molecule has 1 N–H and O–H groups in total. The summed E-state index contributed by atoms with van der Waals surface area (Å²) in [5.41, 5.74) is 0.558. The fourth-order valence-electron chi connectivity index (χ4n) is 2.11. The molecule has 0 aliphatic heterocycles. The Hall–Kier alpha value is -2.39. The molecular weight excluding hydrogens is 336 g/mol. The van der Waals surface area contributed by atoms with Crippen LogP contribution in [0.2, 0.25) is 0 Å². The predicted octanol–water partition coefficient (Wildman–Crippen LogP) is 2.96. The highest BCUT2D eigenvalue weighted by Gasteiger charge is 2.20. The van der Waals surface area contributed by atoms with Crippen LogP contribution in [-0.2, 0) is 6.54 Å². The van der Waals surface area contributed by atoms with Gasteiger partial charge in [0.1, 0.15) is 5.56 Å². The molecule has 7 nitrogen and oxygen atoms in total. The second-order valence-electron chi connectivity index (χ2n) is 4.65. The van der Waals surface area contributed by atoms with E-state index in [1.807, 2.05) is 28.4 Å². The van der Waals surface area contributed by atoms with Crippen LogP contribution in [0.5, 0.6) is 0 Å². The monoisotopic (exact) mass is 348 g/mol. The van der Waals surface area contributed by atoms with Gasteiger partial charge in [-0.2, -0.15) is 0 Å². The molecule has 23 heavy (non-hydrogen) atoms. The molecular formula is C14H12N4O3S2. The average molecular weight is 348 g/mol. The number of nitro groups is 1. The molecule has 0 aliphatic carbocycles. The summed E-state index contributed by atoms with van der Waals surface area (Å²) in [4.78, 5) is 28.8. The van der Waals surface area contributed by atoms with Gasteiger partial charge in [-0.25, -0.2) is 4.98 Å². The second-order valence-corrected chi connectivity index (χ2v) is 6.40. The lowest BCUT2D eigenvalue weighted by atomic mass is 10.1. The van der Waals surface area contributed by atoms with Gasteiger partial charge in [0, 0.05) is 28.7 Å². The molecule has 0 aliphatic rings. The minimum Gasteiger partial charge on any atom is -0.346 e. The van der Waals surface area contributed by atoms with Gasteiger partial charge < -0.3 is 5.32 Å². The minimum absolute atomic E-state index is 0.0582. The van der Waals surface area contributed by atoms with Crippen molar-refractivity contribution in [1.29, 1.82) is 0 Å². The molecule has 118 valence electrons. The Labute approximate surface area is 139 Å². The third-order valence-electron chi connectivity index (χ3n) is 3.22. The first kappa shape index (κ1) is 15.5. The van der Waals surface area contributed by atoms with Crippen LogP contribution in [0.3, 0.4) is 0 Å². The third-order valence-corrected chi connectivity index (χ3v) is 4.71. The van der Waals surface area contributed by atoms with E-state index in [4.69, 9.17) is 0 Å². The summed E-state index contributed by atoms with van der Waals surface area (Å²) in [7, 11) is 0. The summed E-state index contributed by atoms with van der Waals surface area (Å²) in [6.45, 7) is 0.216. The maximum absolute atomic E-state index is 12.3. The molecule has 3 rings (SSSR count). The van der Waals surface area contributed by atoms with Crippen molar-refractivity contribution in [1.82, 2.24) is 14.7 Å². The Morgan fingerprint density at radius 1 is 1.52 bits per heavy atom. The Bertz CT molecular complexity index is 859. The van der Waals surface area contributed by atoms with E-state index in [1.54, 1.807) is 6.07 Å². The molecule has 9 heteroatoms. The summed E-state index contributed by atoms with van der Waals surface area (Å²) in [6, 6.07) is 4.51. The summed E-state index contributed by atoms with van der Waals surface area (Å²) >= 11 is 2.92. The number of fused-ring (bicyclic) bond motifs is 1. The number of hydrogen-bond donors (Lipinski definition) is 1. The lowest BCUT2D eigenvalue weighted by Gasteiger charge is -2.06. The Morgan fingerprint density at radius 2 is 2.35 bits per heavy atom. The number of nitrogens with one attached hydrogen (secondary N) is 1. The zero-order chi connectivity index (χ0) is 16.4. The highest BCUT2D eigenvalue weighted by Crippen LogP contribution is 2.24.